The molecule has 2 aromatic rings. The van der Waals surface area contributed by atoms with Crippen LogP contribution >= 0.6 is 0 Å². The van der Waals surface area contributed by atoms with Gasteiger partial charge in [0.15, 0.2) is 0 Å². The second-order valence-electron chi connectivity index (χ2n) is 6.53. The van der Waals surface area contributed by atoms with Gasteiger partial charge in [-0.15, -0.1) is 0 Å². The molecule has 1 aliphatic rings. The predicted molar refractivity (Wildman–Crippen MR) is 102 cm³/mol. The lowest BCUT2D eigenvalue weighted by molar-refractivity contribution is -0.142. The number of pyridine rings is 1. The number of rotatable bonds is 3. The quantitative estimate of drug-likeness (QED) is 0.730. The van der Waals surface area contributed by atoms with Crippen LogP contribution in [-0.2, 0) is 4.79 Å². The van der Waals surface area contributed by atoms with Crippen molar-refractivity contribution in [2.75, 3.05) is 5.32 Å². The maximum atomic E-state index is 12.2. The first-order valence-electron chi connectivity index (χ1n) is 8.93. The van der Waals surface area contributed by atoms with Gasteiger partial charge in [0.2, 0.25) is 0 Å². The van der Waals surface area contributed by atoms with E-state index in [1.807, 2.05) is 30.3 Å². The molecule has 1 fully saturated rings. The van der Waals surface area contributed by atoms with Gasteiger partial charge < -0.3 is 15.7 Å². The van der Waals surface area contributed by atoms with Gasteiger partial charge in [0.05, 0.1) is 5.92 Å². The van der Waals surface area contributed by atoms with E-state index in [1.54, 1.807) is 18.3 Å². The summed E-state index contributed by atoms with van der Waals surface area (Å²) in [6, 6.07) is 12.6. The zero-order chi connectivity index (χ0) is 19.1. The first kappa shape index (κ1) is 18.5. The van der Waals surface area contributed by atoms with Gasteiger partial charge in [-0.05, 0) is 61.9 Å². The number of aliphatic carboxylic acids is 1. The molecule has 1 aromatic heterocycles. The molecule has 0 saturated heterocycles. The van der Waals surface area contributed by atoms with Crippen LogP contribution in [0.1, 0.15) is 36.9 Å². The third-order valence-electron chi connectivity index (χ3n) is 4.53. The van der Waals surface area contributed by atoms with Gasteiger partial charge in [0, 0.05) is 23.5 Å². The van der Waals surface area contributed by atoms with Gasteiger partial charge in [0.1, 0.15) is 5.69 Å². The van der Waals surface area contributed by atoms with E-state index in [0.717, 1.165) is 5.56 Å². The average Bonchev–Trinajstić information content (AvgIpc) is 2.68. The summed E-state index contributed by atoms with van der Waals surface area (Å²) in [5.41, 5.74) is 2.12. The number of nitrogens with zero attached hydrogens (tertiary/aromatic N) is 1. The molecule has 1 aromatic carbocycles. The molecular weight excluding hydrogens is 342 g/mol. The molecule has 0 atom stereocenters. The molecule has 6 nitrogen and oxygen atoms in total. The molecule has 0 radical (unpaired) electrons. The molecule has 3 rings (SSSR count). The number of benzene rings is 1. The number of anilines is 1. The van der Waals surface area contributed by atoms with E-state index in [9.17, 15) is 9.59 Å². The summed E-state index contributed by atoms with van der Waals surface area (Å²) in [6.45, 7) is 0. The normalized spacial score (nSPS) is 18.7. The van der Waals surface area contributed by atoms with Crippen molar-refractivity contribution in [3.05, 3.63) is 59.9 Å². The van der Waals surface area contributed by atoms with Crippen molar-refractivity contribution in [2.24, 2.45) is 5.92 Å². The number of carbonyl (C=O) groups is 2. The van der Waals surface area contributed by atoms with Crippen LogP contribution in [0.25, 0.3) is 0 Å². The van der Waals surface area contributed by atoms with E-state index in [0.29, 0.717) is 37.1 Å². The van der Waals surface area contributed by atoms with Crippen LogP contribution in [0.15, 0.2) is 48.7 Å². The van der Waals surface area contributed by atoms with Crippen LogP contribution in [-0.4, -0.2) is 28.1 Å². The average molecular weight is 363 g/mol. The molecule has 1 heterocycles. The summed E-state index contributed by atoms with van der Waals surface area (Å²) in [6.07, 6.45) is 4.24. The van der Waals surface area contributed by atoms with Crippen molar-refractivity contribution < 1.29 is 14.7 Å². The third-order valence-corrected chi connectivity index (χ3v) is 4.53. The Kier molecular flexibility index (Phi) is 6.06. The number of hydrogen-bond acceptors (Lipinski definition) is 3. The zero-order valence-electron chi connectivity index (χ0n) is 14.8. The van der Waals surface area contributed by atoms with Crippen LogP contribution in [0, 0.1) is 17.8 Å². The second-order valence-corrected chi connectivity index (χ2v) is 6.53. The molecule has 2 amide bonds. The smallest absolute Gasteiger partial charge is 0.319 e. The third kappa shape index (κ3) is 5.58. The lowest BCUT2D eigenvalue weighted by Crippen LogP contribution is -2.40. The van der Waals surface area contributed by atoms with Gasteiger partial charge in [-0.25, -0.2) is 9.78 Å². The van der Waals surface area contributed by atoms with Crippen LogP contribution in [0.4, 0.5) is 10.5 Å². The minimum atomic E-state index is -0.749. The summed E-state index contributed by atoms with van der Waals surface area (Å²) >= 11 is 0. The van der Waals surface area contributed by atoms with Crippen LogP contribution in [0.3, 0.4) is 0 Å². The second kappa shape index (κ2) is 8.86. The zero-order valence-corrected chi connectivity index (χ0v) is 14.8. The summed E-state index contributed by atoms with van der Waals surface area (Å²) in [4.78, 5) is 27.3. The van der Waals surface area contributed by atoms with Crippen molar-refractivity contribution in [2.45, 2.75) is 31.7 Å². The van der Waals surface area contributed by atoms with Crippen LogP contribution < -0.4 is 10.6 Å². The Morgan fingerprint density at radius 3 is 2.56 bits per heavy atom. The number of aromatic nitrogens is 1. The number of nitrogens with one attached hydrogen (secondary N) is 2. The van der Waals surface area contributed by atoms with Crippen molar-refractivity contribution in [3.8, 4) is 11.8 Å². The SMILES string of the molecule is O=C(Nc1cccc(C#Cc2ccccn2)c1)NC1CCC(C(=O)O)CC1. The minimum absolute atomic E-state index is 0.00716. The number of carboxylic acid groups (broad SMARTS) is 1. The van der Waals surface area contributed by atoms with Crippen LogP contribution in [0.5, 0.6) is 0 Å². The maximum absolute atomic E-state index is 12.2. The lowest BCUT2D eigenvalue weighted by Gasteiger charge is -2.26. The number of hydrogen-bond donors (Lipinski definition) is 3. The minimum Gasteiger partial charge on any atom is -0.481 e. The fourth-order valence-corrected chi connectivity index (χ4v) is 3.08. The van der Waals surface area contributed by atoms with E-state index >= 15 is 0 Å². The molecule has 3 N–H and O–H groups in total. The van der Waals surface area contributed by atoms with Gasteiger partial charge >= 0.3 is 12.0 Å². The highest BCUT2D eigenvalue weighted by Crippen LogP contribution is 2.24. The molecule has 27 heavy (non-hydrogen) atoms. The van der Waals surface area contributed by atoms with Crippen LogP contribution in [0.2, 0.25) is 0 Å². The molecule has 0 bridgehead atoms. The van der Waals surface area contributed by atoms with E-state index in [4.69, 9.17) is 5.11 Å². The van der Waals surface area contributed by atoms with Crippen molar-refractivity contribution in [1.82, 2.24) is 10.3 Å². The molecule has 0 unspecified atom stereocenters. The maximum Gasteiger partial charge on any atom is 0.319 e. The first-order valence-corrected chi connectivity index (χ1v) is 8.93. The van der Waals surface area contributed by atoms with E-state index in [1.165, 1.54) is 0 Å². The Labute approximate surface area is 158 Å². The fraction of sp³-hybridized carbons (Fsp3) is 0.286. The van der Waals surface area contributed by atoms with E-state index < -0.39 is 5.97 Å². The predicted octanol–water partition coefficient (Wildman–Crippen LogP) is 3.25. The number of carbonyl (C=O) groups excluding carboxylic acids is 1. The van der Waals surface area contributed by atoms with Crippen molar-refractivity contribution >= 4 is 17.7 Å². The highest BCUT2D eigenvalue weighted by molar-refractivity contribution is 5.89. The number of amides is 2. The molecule has 138 valence electrons. The molecule has 6 heteroatoms. The fourth-order valence-electron chi connectivity index (χ4n) is 3.08. The highest BCUT2D eigenvalue weighted by Gasteiger charge is 2.26. The Morgan fingerprint density at radius 1 is 1.04 bits per heavy atom. The Balaban J connectivity index is 1.54. The van der Waals surface area contributed by atoms with E-state index in [2.05, 4.69) is 27.5 Å². The van der Waals surface area contributed by atoms with Gasteiger partial charge in [-0.3, -0.25) is 4.79 Å². The van der Waals surface area contributed by atoms with Gasteiger partial charge in [-0.2, -0.15) is 0 Å². The first-order chi connectivity index (χ1) is 13.1. The largest absolute Gasteiger partial charge is 0.481 e. The van der Waals surface area contributed by atoms with Crippen molar-refractivity contribution in [3.63, 3.8) is 0 Å². The number of carboxylic acids is 1. The summed E-state index contributed by atoms with van der Waals surface area (Å²) in [7, 11) is 0. The monoisotopic (exact) mass is 363 g/mol. The molecule has 1 saturated carbocycles. The number of urea groups is 1. The summed E-state index contributed by atoms with van der Waals surface area (Å²) in [5.74, 6) is 4.97. The Bertz CT molecular complexity index is 863. The Hall–Kier alpha value is -3.33. The van der Waals surface area contributed by atoms with E-state index in [-0.39, 0.29) is 18.0 Å². The van der Waals surface area contributed by atoms with Gasteiger partial charge in [0.25, 0.3) is 0 Å². The molecule has 1 aliphatic carbocycles. The summed E-state index contributed by atoms with van der Waals surface area (Å²) in [5, 5.41) is 14.8. The standard InChI is InChI=1S/C21H21N3O3/c25-20(26)16-8-11-18(12-9-16)23-21(27)24-19-6-3-4-15(14-19)7-10-17-5-1-2-13-22-17/h1-6,13-14,16,18H,8-9,11-12H2,(H,25,26)(H2,23,24,27). The topological polar surface area (TPSA) is 91.3 Å². The molecule has 0 spiro atoms. The Morgan fingerprint density at radius 2 is 1.85 bits per heavy atom. The summed E-state index contributed by atoms with van der Waals surface area (Å²) < 4.78 is 0. The van der Waals surface area contributed by atoms with Crippen molar-refractivity contribution in [1.29, 1.82) is 0 Å². The molecular formula is C21H21N3O3. The van der Waals surface area contributed by atoms with Gasteiger partial charge in [-0.1, -0.05) is 18.1 Å². The lowest BCUT2D eigenvalue weighted by atomic mass is 9.86. The molecule has 0 aliphatic heterocycles. The highest BCUT2D eigenvalue weighted by atomic mass is 16.4.